The predicted octanol–water partition coefficient (Wildman–Crippen LogP) is -0.110. The van der Waals surface area contributed by atoms with Gasteiger partial charge in [-0.2, -0.15) is 0 Å². The van der Waals surface area contributed by atoms with Crippen molar-refractivity contribution < 1.29 is 14.5 Å². The summed E-state index contributed by atoms with van der Waals surface area (Å²) in [4.78, 5) is 41.6. The van der Waals surface area contributed by atoms with E-state index in [2.05, 4.69) is 15.3 Å². The van der Waals surface area contributed by atoms with Crippen molar-refractivity contribution in [1.29, 1.82) is 0 Å². The molecule has 1 atom stereocenters. The molecule has 0 aliphatic carbocycles. The molecule has 100 valence electrons. The molecule has 1 fully saturated rings. The fourth-order valence-electron chi connectivity index (χ4n) is 1.69. The van der Waals surface area contributed by atoms with Gasteiger partial charge in [0.15, 0.2) is 0 Å². The van der Waals surface area contributed by atoms with E-state index in [4.69, 9.17) is 11.6 Å². The number of rotatable bonds is 2. The molecule has 19 heavy (non-hydrogen) atoms. The van der Waals surface area contributed by atoms with Gasteiger partial charge in [-0.1, -0.05) is 11.6 Å². The van der Waals surface area contributed by atoms with Gasteiger partial charge in [0.05, 0.1) is 11.5 Å². The quantitative estimate of drug-likeness (QED) is 0.348. The summed E-state index contributed by atoms with van der Waals surface area (Å²) in [5, 5.41) is 12.8. The van der Waals surface area contributed by atoms with Gasteiger partial charge in [0, 0.05) is 0 Å². The lowest BCUT2D eigenvalue weighted by molar-refractivity contribution is -0.384. The van der Waals surface area contributed by atoms with Crippen LogP contribution in [0, 0.1) is 10.1 Å². The van der Waals surface area contributed by atoms with Gasteiger partial charge < -0.3 is 4.90 Å². The molecular formula is C9H8ClN5O4. The summed E-state index contributed by atoms with van der Waals surface area (Å²) in [6.45, 7) is 1.28. The van der Waals surface area contributed by atoms with E-state index in [1.54, 1.807) is 0 Å². The molecule has 2 amide bonds. The van der Waals surface area contributed by atoms with E-state index in [1.165, 1.54) is 11.8 Å². The van der Waals surface area contributed by atoms with Gasteiger partial charge in [-0.05, 0) is 6.92 Å². The van der Waals surface area contributed by atoms with Gasteiger partial charge >= 0.3 is 5.69 Å². The van der Waals surface area contributed by atoms with Crippen molar-refractivity contribution in [1.82, 2.24) is 15.3 Å². The topological polar surface area (TPSA) is 118 Å². The molecule has 1 saturated heterocycles. The van der Waals surface area contributed by atoms with E-state index in [0.717, 1.165) is 6.33 Å². The van der Waals surface area contributed by atoms with Gasteiger partial charge in [-0.15, -0.1) is 0 Å². The summed E-state index contributed by atoms with van der Waals surface area (Å²) >= 11 is 5.66. The van der Waals surface area contributed by atoms with E-state index in [-0.39, 0.29) is 17.5 Å². The molecule has 2 rings (SSSR count). The minimum absolute atomic E-state index is 0.152. The van der Waals surface area contributed by atoms with E-state index in [0.29, 0.717) is 0 Å². The highest BCUT2D eigenvalue weighted by Crippen LogP contribution is 2.32. The van der Waals surface area contributed by atoms with Crippen LogP contribution < -0.4 is 10.2 Å². The minimum Gasteiger partial charge on any atom is -0.330 e. The van der Waals surface area contributed by atoms with Crippen molar-refractivity contribution in [3.05, 3.63) is 21.6 Å². The number of hydrogen-bond donors (Lipinski definition) is 1. The summed E-state index contributed by atoms with van der Waals surface area (Å²) in [5.74, 6) is -1.27. The maximum absolute atomic E-state index is 11.5. The number of nitro groups is 1. The normalized spacial score (nSPS) is 19.3. The average Bonchev–Trinajstić information content (AvgIpc) is 2.33. The fourth-order valence-corrected chi connectivity index (χ4v) is 1.89. The third kappa shape index (κ3) is 2.32. The molecule has 10 heteroatoms. The van der Waals surface area contributed by atoms with Crippen molar-refractivity contribution in [2.45, 2.75) is 13.0 Å². The second-order valence-corrected chi connectivity index (χ2v) is 4.17. The Bertz CT molecular complexity index is 578. The maximum Gasteiger partial charge on any atom is 0.348 e. The molecule has 1 unspecified atom stereocenters. The number of aromatic nitrogens is 2. The van der Waals surface area contributed by atoms with Crippen LogP contribution in [0.3, 0.4) is 0 Å². The molecule has 0 saturated carbocycles. The molecule has 9 nitrogen and oxygen atoms in total. The zero-order valence-corrected chi connectivity index (χ0v) is 10.4. The zero-order chi connectivity index (χ0) is 14.2. The van der Waals surface area contributed by atoms with Crippen molar-refractivity contribution in [3.63, 3.8) is 0 Å². The molecule has 2 heterocycles. The molecule has 1 aromatic heterocycles. The van der Waals surface area contributed by atoms with Gasteiger partial charge in [0.25, 0.3) is 0 Å². The Hall–Kier alpha value is -2.29. The van der Waals surface area contributed by atoms with Crippen LogP contribution in [0.1, 0.15) is 6.92 Å². The number of halogens is 1. The van der Waals surface area contributed by atoms with Crippen LogP contribution in [-0.4, -0.2) is 39.3 Å². The number of nitrogens with one attached hydrogen (secondary N) is 1. The first-order valence-electron chi connectivity index (χ1n) is 5.17. The average molecular weight is 286 g/mol. The number of carbonyl (C=O) groups is 2. The van der Waals surface area contributed by atoms with Crippen LogP contribution in [0.15, 0.2) is 6.33 Å². The lowest BCUT2D eigenvalue weighted by atomic mass is 10.2. The number of piperazine rings is 1. The number of carbonyl (C=O) groups excluding carboxylic acids is 2. The Morgan fingerprint density at radius 2 is 2.21 bits per heavy atom. The summed E-state index contributed by atoms with van der Waals surface area (Å²) in [6, 6.07) is -0.776. The van der Waals surface area contributed by atoms with Crippen molar-refractivity contribution in [3.8, 4) is 0 Å². The van der Waals surface area contributed by atoms with E-state index in [1.807, 2.05) is 0 Å². The first kappa shape index (κ1) is 13.1. The third-order valence-electron chi connectivity index (χ3n) is 2.64. The first-order chi connectivity index (χ1) is 8.91. The summed E-state index contributed by atoms with van der Waals surface area (Å²) in [5.41, 5.74) is -0.529. The monoisotopic (exact) mass is 285 g/mol. The standard InChI is InChI=1S/C9H8ClN5O4/c1-4-9(17)13-5(16)2-14(4)8-6(15(18)19)7(10)11-3-12-8/h3-4H,2H2,1H3,(H,13,16,17). The van der Waals surface area contributed by atoms with Crippen LogP contribution in [0.5, 0.6) is 0 Å². The molecule has 0 aromatic carbocycles. The third-order valence-corrected chi connectivity index (χ3v) is 2.91. The van der Waals surface area contributed by atoms with Crippen LogP contribution in [0.4, 0.5) is 11.5 Å². The number of anilines is 1. The molecule has 1 aliphatic rings. The van der Waals surface area contributed by atoms with E-state index in [9.17, 15) is 19.7 Å². The lowest BCUT2D eigenvalue weighted by Gasteiger charge is -2.31. The summed E-state index contributed by atoms with van der Waals surface area (Å²) in [7, 11) is 0. The van der Waals surface area contributed by atoms with Crippen LogP contribution in [0.25, 0.3) is 0 Å². The molecule has 0 spiro atoms. The lowest BCUT2D eigenvalue weighted by Crippen LogP contribution is -2.57. The first-order valence-corrected chi connectivity index (χ1v) is 5.55. The van der Waals surface area contributed by atoms with Crippen molar-refractivity contribution >= 4 is 34.9 Å². The molecular weight excluding hydrogens is 278 g/mol. The fraction of sp³-hybridized carbons (Fsp3) is 0.333. The van der Waals surface area contributed by atoms with Crippen molar-refractivity contribution in [2.24, 2.45) is 0 Å². The number of nitrogens with zero attached hydrogens (tertiary/aromatic N) is 4. The van der Waals surface area contributed by atoms with Gasteiger partial charge in [-0.25, -0.2) is 9.97 Å². The Morgan fingerprint density at radius 1 is 1.53 bits per heavy atom. The zero-order valence-electron chi connectivity index (χ0n) is 9.66. The summed E-state index contributed by atoms with van der Waals surface area (Å²) < 4.78 is 0. The van der Waals surface area contributed by atoms with Gasteiger partial charge in [0.2, 0.25) is 22.8 Å². The smallest absolute Gasteiger partial charge is 0.330 e. The number of amides is 2. The molecule has 1 aromatic rings. The molecule has 1 aliphatic heterocycles. The second-order valence-electron chi connectivity index (χ2n) is 3.81. The Balaban J connectivity index is 2.52. The largest absolute Gasteiger partial charge is 0.348 e. The second kappa shape index (κ2) is 4.76. The summed E-state index contributed by atoms with van der Waals surface area (Å²) in [6.07, 6.45) is 1.04. The molecule has 0 radical (unpaired) electrons. The predicted molar refractivity (Wildman–Crippen MR) is 63.7 cm³/mol. The molecule has 0 bridgehead atoms. The maximum atomic E-state index is 11.5. The van der Waals surface area contributed by atoms with Crippen molar-refractivity contribution in [2.75, 3.05) is 11.4 Å². The van der Waals surface area contributed by atoms with E-state index < -0.39 is 28.5 Å². The van der Waals surface area contributed by atoms with Crippen LogP contribution in [-0.2, 0) is 9.59 Å². The minimum atomic E-state index is -0.776. The molecule has 1 N–H and O–H groups in total. The SMILES string of the molecule is CC1C(=O)NC(=O)CN1c1ncnc(Cl)c1[N+](=O)[O-]. The number of imide groups is 1. The Kier molecular flexibility index (Phi) is 3.30. The van der Waals surface area contributed by atoms with E-state index >= 15 is 0 Å². The van der Waals surface area contributed by atoms with Gasteiger partial charge in [0.1, 0.15) is 12.4 Å². The Morgan fingerprint density at radius 3 is 2.84 bits per heavy atom. The Labute approximate surface area is 111 Å². The van der Waals surface area contributed by atoms with Crippen LogP contribution >= 0.6 is 11.6 Å². The number of hydrogen-bond acceptors (Lipinski definition) is 7. The highest BCUT2D eigenvalue weighted by Gasteiger charge is 2.36. The van der Waals surface area contributed by atoms with Crippen LogP contribution in [0.2, 0.25) is 5.15 Å². The van der Waals surface area contributed by atoms with Gasteiger partial charge in [-0.3, -0.25) is 25.0 Å². The highest BCUT2D eigenvalue weighted by molar-refractivity contribution is 6.32. The highest BCUT2D eigenvalue weighted by atomic mass is 35.5.